The Hall–Kier alpha value is -0.960. The number of aryl methyl sites for hydroxylation is 1. The van der Waals surface area contributed by atoms with Crippen LogP contribution in [0.1, 0.15) is 12.5 Å². The third-order valence-electron chi connectivity index (χ3n) is 2.30. The highest BCUT2D eigenvalue weighted by atomic mass is 79.9. The average Bonchev–Trinajstić information content (AvgIpc) is 2.51. The number of methoxy groups -OCH3 is 1. The Morgan fingerprint density at radius 1 is 1.43 bits per heavy atom. The molecule has 74 valence electrons. The number of ether oxygens (including phenoxy) is 1. The van der Waals surface area contributed by atoms with Crippen LogP contribution in [0.2, 0.25) is 0 Å². The second-order valence-corrected chi connectivity index (χ2v) is 3.79. The fourth-order valence-electron chi connectivity index (χ4n) is 1.56. The molecule has 0 unspecified atom stereocenters. The van der Waals surface area contributed by atoms with Crippen LogP contribution >= 0.6 is 15.9 Å². The van der Waals surface area contributed by atoms with E-state index < -0.39 is 0 Å². The van der Waals surface area contributed by atoms with Crippen molar-refractivity contribution in [3.05, 3.63) is 28.4 Å². The van der Waals surface area contributed by atoms with E-state index in [-0.39, 0.29) is 0 Å². The van der Waals surface area contributed by atoms with Gasteiger partial charge in [0.25, 0.3) is 0 Å². The molecule has 2 rings (SSSR count). The standard InChI is InChI=1S/C11H11BrO2/c1-3-8-9-5-4-7(13-2)6-10(9)14-11(8)12/h4-6H,3H2,1-2H3. The predicted molar refractivity (Wildman–Crippen MR) is 59.8 cm³/mol. The van der Waals surface area contributed by atoms with Crippen LogP contribution in [-0.4, -0.2) is 7.11 Å². The van der Waals surface area contributed by atoms with Crippen LogP contribution in [0.5, 0.6) is 5.75 Å². The number of hydrogen-bond acceptors (Lipinski definition) is 2. The van der Waals surface area contributed by atoms with Crippen molar-refractivity contribution in [3.8, 4) is 5.75 Å². The van der Waals surface area contributed by atoms with Crippen molar-refractivity contribution in [2.24, 2.45) is 0 Å². The monoisotopic (exact) mass is 254 g/mol. The van der Waals surface area contributed by atoms with Crippen LogP contribution in [0.15, 0.2) is 27.3 Å². The molecular weight excluding hydrogens is 244 g/mol. The van der Waals surface area contributed by atoms with Gasteiger partial charge in [0, 0.05) is 17.0 Å². The minimum Gasteiger partial charge on any atom is -0.497 e. The molecule has 1 aromatic heterocycles. The van der Waals surface area contributed by atoms with Gasteiger partial charge in [-0.1, -0.05) is 6.92 Å². The summed E-state index contributed by atoms with van der Waals surface area (Å²) in [5.74, 6) is 0.821. The first kappa shape index (κ1) is 9.59. The molecule has 0 spiro atoms. The first-order chi connectivity index (χ1) is 6.76. The van der Waals surface area contributed by atoms with E-state index in [0.717, 1.165) is 27.8 Å². The van der Waals surface area contributed by atoms with Gasteiger partial charge in [-0.15, -0.1) is 0 Å². The van der Waals surface area contributed by atoms with E-state index >= 15 is 0 Å². The molecule has 0 aliphatic carbocycles. The number of hydrogen-bond donors (Lipinski definition) is 0. The van der Waals surface area contributed by atoms with Crippen molar-refractivity contribution in [3.63, 3.8) is 0 Å². The van der Waals surface area contributed by atoms with Crippen molar-refractivity contribution >= 4 is 26.9 Å². The topological polar surface area (TPSA) is 22.4 Å². The molecule has 14 heavy (non-hydrogen) atoms. The number of furan rings is 1. The average molecular weight is 255 g/mol. The van der Waals surface area contributed by atoms with Crippen LogP contribution in [-0.2, 0) is 6.42 Å². The van der Waals surface area contributed by atoms with Gasteiger partial charge in [0.1, 0.15) is 11.3 Å². The maximum Gasteiger partial charge on any atom is 0.173 e. The quantitative estimate of drug-likeness (QED) is 0.815. The molecule has 1 heterocycles. The zero-order chi connectivity index (χ0) is 10.1. The Kier molecular flexibility index (Phi) is 2.50. The Labute approximate surface area is 91.0 Å². The number of benzene rings is 1. The molecule has 0 N–H and O–H groups in total. The summed E-state index contributed by atoms with van der Waals surface area (Å²) in [7, 11) is 1.65. The molecule has 0 fully saturated rings. The first-order valence-corrected chi connectivity index (χ1v) is 5.30. The molecule has 0 saturated heterocycles. The highest BCUT2D eigenvalue weighted by Gasteiger charge is 2.10. The van der Waals surface area contributed by atoms with Gasteiger partial charge in [-0.05, 0) is 34.5 Å². The van der Waals surface area contributed by atoms with Gasteiger partial charge in [0.2, 0.25) is 0 Å². The normalized spacial score (nSPS) is 10.8. The fraction of sp³-hybridized carbons (Fsp3) is 0.273. The van der Waals surface area contributed by atoms with E-state index in [1.807, 2.05) is 18.2 Å². The summed E-state index contributed by atoms with van der Waals surface area (Å²) in [5.41, 5.74) is 2.08. The summed E-state index contributed by atoms with van der Waals surface area (Å²) >= 11 is 3.41. The summed E-state index contributed by atoms with van der Waals surface area (Å²) in [6.45, 7) is 2.11. The van der Waals surface area contributed by atoms with Crippen molar-refractivity contribution in [2.45, 2.75) is 13.3 Å². The van der Waals surface area contributed by atoms with Gasteiger partial charge in [-0.25, -0.2) is 0 Å². The Morgan fingerprint density at radius 3 is 2.86 bits per heavy atom. The zero-order valence-corrected chi connectivity index (χ0v) is 9.72. The molecule has 0 bridgehead atoms. The summed E-state index contributed by atoms with van der Waals surface area (Å²) < 4.78 is 11.5. The summed E-state index contributed by atoms with van der Waals surface area (Å²) in [6.07, 6.45) is 0.958. The zero-order valence-electron chi connectivity index (χ0n) is 8.13. The number of halogens is 1. The second-order valence-electron chi connectivity index (χ2n) is 3.07. The van der Waals surface area contributed by atoms with E-state index in [0.29, 0.717) is 0 Å². The second kappa shape index (κ2) is 3.65. The Balaban J connectivity index is 2.68. The van der Waals surface area contributed by atoms with Gasteiger partial charge < -0.3 is 9.15 Å². The smallest absolute Gasteiger partial charge is 0.173 e. The van der Waals surface area contributed by atoms with E-state index in [1.54, 1.807) is 7.11 Å². The maximum atomic E-state index is 5.57. The summed E-state index contributed by atoms with van der Waals surface area (Å²) in [4.78, 5) is 0. The lowest BCUT2D eigenvalue weighted by atomic mass is 10.1. The van der Waals surface area contributed by atoms with Crippen LogP contribution in [0, 0.1) is 0 Å². The molecule has 2 nitrogen and oxygen atoms in total. The lowest BCUT2D eigenvalue weighted by molar-refractivity contribution is 0.414. The van der Waals surface area contributed by atoms with E-state index in [4.69, 9.17) is 9.15 Å². The highest BCUT2D eigenvalue weighted by Crippen LogP contribution is 2.32. The lowest BCUT2D eigenvalue weighted by Gasteiger charge is -1.97. The molecule has 0 saturated carbocycles. The number of fused-ring (bicyclic) bond motifs is 1. The largest absolute Gasteiger partial charge is 0.497 e. The molecular formula is C11H11BrO2. The Morgan fingerprint density at radius 2 is 2.21 bits per heavy atom. The molecule has 3 heteroatoms. The third-order valence-corrected chi connectivity index (χ3v) is 2.94. The molecule has 1 aromatic carbocycles. The molecule has 0 aliphatic rings. The number of rotatable bonds is 2. The van der Waals surface area contributed by atoms with Gasteiger partial charge in [0.05, 0.1) is 7.11 Å². The summed E-state index contributed by atoms with van der Waals surface area (Å²) in [5, 5.41) is 1.15. The van der Waals surface area contributed by atoms with Crippen molar-refractivity contribution in [2.75, 3.05) is 7.11 Å². The predicted octanol–water partition coefficient (Wildman–Crippen LogP) is 3.77. The van der Waals surface area contributed by atoms with Crippen LogP contribution in [0.4, 0.5) is 0 Å². The van der Waals surface area contributed by atoms with E-state index in [2.05, 4.69) is 22.9 Å². The lowest BCUT2D eigenvalue weighted by Crippen LogP contribution is -1.81. The van der Waals surface area contributed by atoms with E-state index in [9.17, 15) is 0 Å². The van der Waals surface area contributed by atoms with Gasteiger partial charge in [-0.2, -0.15) is 0 Å². The third kappa shape index (κ3) is 1.42. The first-order valence-electron chi connectivity index (χ1n) is 4.51. The highest BCUT2D eigenvalue weighted by molar-refractivity contribution is 9.10. The van der Waals surface area contributed by atoms with Crippen molar-refractivity contribution < 1.29 is 9.15 Å². The summed E-state index contributed by atoms with van der Waals surface area (Å²) in [6, 6.07) is 5.88. The van der Waals surface area contributed by atoms with Crippen molar-refractivity contribution in [1.82, 2.24) is 0 Å². The van der Waals surface area contributed by atoms with E-state index in [1.165, 1.54) is 5.56 Å². The molecule has 2 aromatic rings. The fourth-order valence-corrected chi connectivity index (χ4v) is 2.23. The molecule has 0 aliphatic heterocycles. The minimum atomic E-state index is 0.821. The maximum absolute atomic E-state index is 5.57. The van der Waals surface area contributed by atoms with Crippen LogP contribution < -0.4 is 4.74 Å². The van der Waals surface area contributed by atoms with Crippen molar-refractivity contribution in [1.29, 1.82) is 0 Å². The minimum absolute atomic E-state index is 0.821. The van der Waals surface area contributed by atoms with Crippen LogP contribution in [0.3, 0.4) is 0 Å². The Bertz CT molecular complexity index is 460. The molecule has 0 amide bonds. The van der Waals surface area contributed by atoms with Gasteiger partial charge in [-0.3, -0.25) is 0 Å². The van der Waals surface area contributed by atoms with Gasteiger partial charge >= 0.3 is 0 Å². The SMILES string of the molecule is CCc1c(Br)oc2cc(OC)ccc12. The molecule has 0 radical (unpaired) electrons. The molecule has 0 atom stereocenters. The van der Waals surface area contributed by atoms with Crippen LogP contribution in [0.25, 0.3) is 11.0 Å². The van der Waals surface area contributed by atoms with Gasteiger partial charge in [0.15, 0.2) is 4.67 Å².